The molecular formula is C12H22N2O3. The normalized spacial score (nSPS) is 12.1. The summed E-state index contributed by atoms with van der Waals surface area (Å²) in [6, 6.07) is -0.274. The standard InChI is InChI=1S/C12H22N2O3/c1-6-17-12(16)9(4)7-13-10(5)11(15)14-8(2)3/h8,10,13H,4,6-7H2,1-3,5H3,(H,14,15). The van der Waals surface area contributed by atoms with Gasteiger partial charge in [-0.1, -0.05) is 6.58 Å². The highest BCUT2D eigenvalue weighted by Gasteiger charge is 2.15. The van der Waals surface area contributed by atoms with E-state index in [0.717, 1.165) is 0 Å². The molecule has 2 N–H and O–H groups in total. The lowest BCUT2D eigenvalue weighted by Crippen LogP contribution is -2.45. The lowest BCUT2D eigenvalue weighted by molar-refractivity contribution is -0.138. The van der Waals surface area contributed by atoms with Crippen LogP contribution in [0.15, 0.2) is 12.2 Å². The number of rotatable bonds is 7. The summed E-state index contributed by atoms with van der Waals surface area (Å²) in [5, 5.41) is 5.69. The van der Waals surface area contributed by atoms with Gasteiger partial charge in [0, 0.05) is 18.2 Å². The molecule has 17 heavy (non-hydrogen) atoms. The van der Waals surface area contributed by atoms with Crippen molar-refractivity contribution in [3.05, 3.63) is 12.2 Å². The molecule has 0 bridgehead atoms. The number of hydrogen-bond donors (Lipinski definition) is 2. The Balaban J connectivity index is 3.98. The number of ether oxygens (including phenoxy) is 1. The fraction of sp³-hybridized carbons (Fsp3) is 0.667. The van der Waals surface area contributed by atoms with Crippen molar-refractivity contribution in [3.8, 4) is 0 Å². The van der Waals surface area contributed by atoms with Gasteiger partial charge in [-0.15, -0.1) is 0 Å². The van der Waals surface area contributed by atoms with Gasteiger partial charge in [-0.2, -0.15) is 0 Å². The van der Waals surface area contributed by atoms with Crippen LogP contribution in [-0.2, 0) is 14.3 Å². The lowest BCUT2D eigenvalue weighted by atomic mass is 10.2. The summed E-state index contributed by atoms with van der Waals surface area (Å²) in [7, 11) is 0. The highest BCUT2D eigenvalue weighted by Crippen LogP contribution is 1.94. The number of esters is 1. The highest BCUT2D eigenvalue weighted by atomic mass is 16.5. The van der Waals surface area contributed by atoms with Crippen molar-refractivity contribution in [2.24, 2.45) is 0 Å². The Labute approximate surface area is 103 Å². The van der Waals surface area contributed by atoms with Crippen LogP contribution >= 0.6 is 0 Å². The second-order valence-corrected chi connectivity index (χ2v) is 4.09. The van der Waals surface area contributed by atoms with E-state index in [-0.39, 0.29) is 24.5 Å². The summed E-state index contributed by atoms with van der Waals surface area (Å²) in [6.07, 6.45) is 0. The third kappa shape index (κ3) is 6.73. The van der Waals surface area contributed by atoms with E-state index in [1.807, 2.05) is 13.8 Å². The van der Waals surface area contributed by atoms with Crippen molar-refractivity contribution in [3.63, 3.8) is 0 Å². The molecule has 0 aliphatic heterocycles. The topological polar surface area (TPSA) is 67.4 Å². The van der Waals surface area contributed by atoms with Crippen LogP contribution < -0.4 is 10.6 Å². The van der Waals surface area contributed by atoms with Crippen molar-refractivity contribution in [1.29, 1.82) is 0 Å². The Morgan fingerprint density at radius 3 is 2.35 bits per heavy atom. The molecule has 1 atom stereocenters. The first-order valence-electron chi connectivity index (χ1n) is 5.77. The van der Waals surface area contributed by atoms with E-state index in [1.165, 1.54) is 0 Å². The van der Waals surface area contributed by atoms with Crippen LogP contribution in [0.4, 0.5) is 0 Å². The first kappa shape index (κ1) is 15.6. The average molecular weight is 242 g/mol. The monoisotopic (exact) mass is 242 g/mol. The molecular weight excluding hydrogens is 220 g/mol. The Kier molecular flexibility index (Phi) is 7.21. The van der Waals surface area contributed by atoms with Gasteiger partial charge in [0.15, 0.2) is 0 Å². The summed E-state index contributed by atoms with van der Waals surface area (Å²) in [4.78, 5) is 22.8. The van der Waals surface area contributed by atoms with Crippen LogP contribution in [-0.4, -0.2) is 37.1 Å². The third-order valence-electron chi connectivity index (χ3n) is 2.01. The lowest BCUT2D eigenvalue weighted by Gasteiger charge is -2.16. The first-order chi connectivity index (χ1) is 7.88. The molecule has 5 heteroatoms. The zero-order valence-electron chi connectivity index (χ0n) is 11.0. The number of carbonyl (C=O) groups is 2. The summed E-state index contributed by atoms with van der Waals surface area (Å²) >= 11 is 0. The van der Waals surface area contributed by atoms with Gasteiger partial charge in [0.1, 0.15) is 0 Å². The molecule has 0 fully saturated rings. The van der Waals surface area contributed by atoms with Gasteiger partial charge in [0.05, 0.1) is 12.6 Å². The minimum atomic E-state index is -0.434. The zero-order valence-corrected chi connectivity index (χ0v) is 11.0. The van der Waals surface area contributed by atoms with E-state index >= 15 is 0 Å². The summed E-state index contributed by atoms with van der Waals surface area (Å²) < 4.78 is 4.78. The van der Waals surface area contributed by atoms with E-state index in [9.17, 15) is 9.59 Å². The minimum Gasteiger partial charge on any atom is -0.463 e. The van der Waals surface area contributed by atoms with Gasteiger partial charge in [-0.3, -0.25) is 4.79 Å². The summed E-state index contributed by atoms with van der Waals surface area (Å²) in [6.45, 7) is 11.4. The second kappa shape index (κ2) is 7.84. The molecule has 0 spiro atoms. The fourth-order valence-electron chi connectivity index (χ4n) is 1.08. The van der Waals surface area contributed by atoms with Crippen LogP contribution in [0.2, 0.25) is 0 Å². The van der Waals surface area contributed by atoms with Gasteiger partial charge in [0.25, 0.3) is 0 Å². The molecule has 0 aliphatic rings. The van der Waals surface area contributed by atoms with Crippen molar-refractivity contribution in [1.82, 2.24) is 10.6 Å². The SMILES string of the molecule is C=C(CNC(C)C(=O)NC(C)C)C(=O)OCC. The molecule has 0 rings (SSSR count). The molecule has 0 saturated carbocycles. The van der Waals surface area contributed by atoms with Gasteiger partial charge in [-0.25, -0.2) is 4.79 Å². The predicted molar refractivity (Wildman–Crippen MR) is 66.5 cm³/mol. The number of carbonyl (C=O) groups excluding carboxylic acids is 2. The van der Waals surface area contributed by atoms with Crippen molar-refractivity contribution < 1.29 is 14.3 Å². The first-order valence-corrected chi connectivity index (χ1v) is 5.77. The minimum absolute atomic E-state index is 0.0972. The molecule has 0 radical (unpaired) electrons. The van der Waals surface area contributed by atoms with Crippen LogP contribution in [0.25, 0.3) is 0 Å². The third-order valence-corrected chi connectivity index (χ3v) is 2.01. The molecule has 0 heterocycles. The maximum absolute atomic E-state index is 11.5. The number of hydrogen-bond acceptors (Lipinski definition) is 4. The molecule has 1 unspecified atom stereocenters. The van der Waals surface area contributed by atoms with E-state index in [1.54, 1.807) is 13.8 Å². The van der Waals surface area contributed by atoms with E-state index in [0.29, 0.717) is 12.2 Å². The second-order valence-electron chi connectivity index (χ2n) is 4.09. The molecule has 0 saturated heterocycles. The number of amides is 1. The fourth-order valence-corrected chi connectivity index (χ4v) is 1.08. The molecule has 0 aromatic rings. The zero-order chi connectivity index (χ0) is 13.4. The van der Waals surface area contributed by atoms with Gasteiger partial charge < -0.3 is 15.4 Å². The quantitative estimate of drug-likeness (QED) is 0.507. The van der Waals surface area contributed by atoms with Gasteiger partial charge in [-0.05, 0) is 27.7 Å². The van der Waals surface area contributed by atoms with Gasteiger partial charge in [0.2, 0.25) is 5.91 Å². The maximum Gasteiger partial charge on any atom is 0.334 e. The van der Waals surface area contributed by atoms with E-state index in [4.69, 9.17) is 4.74 Å². The largest absolute Gasteiger partial charge is 0.463 e. The van der Waals surface area contributed by atoms with Crippen molar-refractivity contribution in [2.75, 3.05) is 13.2 Å². The smallest absolute Gasteiger partial charge is 0.334 e. The Bertz CT molecular complexity index is 287. The molecule has 0 aromatic carbocycles. The van der Waals surface area contributed by atoms with Crippen molar-refractivity contribution >= 4 is 11.9 Å². The Morgan fingerprint density at radius 1 is 1.29 bits per heavy atom. The number of nitrogens with one attached hydrogen (secondary N) is 2. The van der Waals surface area contributed by atoms with Crippen LogP contribution in [0.3, 0.4) is 0 Å². The maximum atomic E-state index is 11.5. The highest BCUT2D eigenvalue weighted by molar-refractivity contribution is 5.88. The molecule has 98 valence electrons. The van der Waals surface area contributed by atoms with E-state index < -0.39 is 5.97 Å². The van der Waals surface area contributed by atoms with Gasteiger partial charge >= 0.3 is 5.97 Å². The molecule has 0 aromatic heterocycles. The van der Waals surface area contributed by atoms with Crippen LogP contribution in [0, 0.1) is 0 Å². The average Bonchev–Trinajstić information content (AvgIpc) is 2.24. The summed E-state index contributed by atoms with van der Waals surface area (Å²) in [5.74, 6) is -0.534. The molecule has 0 aliphatic carbocycles. The van der Waals surface area contributed by atoms with Crippen molar-refractivity contribution in [2.45, 2.75) is 39.8 Å². The summed E-state index contributed by atoms with van der Waals surface area (Å²) in [5.41, 5.74) is 0.316. The van der Waals surface area contributed by atoms with Crippen LogP contribution in [0.1, 0.15) is 27.7 Å². The molecule has 5 nitrogen and oxygen atoms in total. The van der Waals surface area contributed by atoms with Crippen LogP contribution in [0.5, 0.6) is 0 Å². The van der Waals surface area contributed by atoms with E-state index in [2.05, 4.69) is 17.2 Å². The molecule has 1 amide bonds. The Morgan fingerprint density at radius 2 is 1.88 bits per heavy atom. The predicted octanol–water partition coefficient (Wildman–Crippen LogP) is 0.608. The Hall–Kier alpha value is -1.36.